The number of para-hydroxylation sites is 2. The van der Waals surface area contributed by atoms with E-state index in [2.05, 4.69) is 21.2 Å². The van der Waals surface area contributed by atoms with Gasteiger partial charge in [-0.25, -0.2) is 8.42 Å². The lowest BCUT2D eigenvalue weighted by Crippen LogP contribution is -2.51. The number of sulfonamides is 1. The maximum Gasteiger partial charge on any atom is 0.244 e. The number of hydrogen-bond acceptors (Lipinski definition) is 5. The highest BCUT2D eigenvalue weighted by atomic mass is 79.9. The molecule has 0 aliphatic carbocycles. The second kappa shape index (κ2) is 11.3. The fraction of sp³-hybridized carbons (Fsp3) is 0.364. The molecule has 0 radical (unpaired) electrons. The molecule has 0 bridgehead atoms. The predicted molar refractivity (Wildman–Crippen MR) is 128 cm³/mol. The topological polar surface area (TPSA) is 96.0 Å². The van der Waals surface area contributed by atoms with Gasteiger partial charge in [0.1, 0.15) is 18.3 Å². The lowest BCUT2D eigenvalue weighted by Gasteiger charge is -2.31. The number of anilines is 1. The molecule has 0 saturated heterocycles. The Kier molecular flexibility index (Phi) is 9.09. The van der Waals surface area contributed by atoms with E-state index in [0.717, 1.165) is 20.6 Å². The molecule has 1 N–H and O–H groups in total. The average molecular weight is 526 g/mol. The molecule has 2 amide bonds. The molecular formula is C22H28BrN3O5S. The summed E-state index contributed by atoms with van der Waals surface area (Å²) in [6.45, 7) is 3.49. The molecule has 10 heteroatoms. The second-order valence-electron chi connectivity index (χ2n) is 7.16. The van der Waals surface area contributed by atoms with Crippen molar-refractivity contribution in [2.24, 2.45) is 0 Å². The third-order valence-corrected chi connectivity index (χ3v) is 6.41. The molecule has 0 fully saturated rings. The van der Waals surface area contributed by atoms with E-state index in [4.69, 9.17) is 4.74 Å². The third-order valence-electron chi connectivity index (χ3n) is 4.79. The molecule has 2 aromatic carbocycles. The summed E-state index contributed by atoms with van der Waals surface area (Å²) in [5.41, 5.74) is 1.05. The number of carbonyl (C=O) groups excluding carboxylic acids is 2. The molecule has 0 aromatic heterocycles. The zero-order valence-corrected chi connectivity index (χ0v) is 20.9. The summed E-state index contributed by atoms with van der Waals surface area (Å²) in [4.78, 5) is 27.3. The second-order valence-corrected chi connectivity index (χ2v) is 9.99. The monoisotopic (exact) mass is 525 g/mol. The summed E-state index contributed by atoms with van der Waals surface area (Å²) >= 11 is 3.41. The Hall–Kier alpha value is -2.59. The molecule has 0 aliphatic rings. The van der Waals surface area contributed by atoms with E-state index in [-0.39, 0.29) is 18.1 Å². The van der Waals surface area contributed by atoms with Crippen LogP contribution < -0.4 is 14.4 Å². The fourth-order valence-electron chi connectivity index (χ4n) is 3.17. The Labute approximate surface area is 197 Å². The van der Waals surface area contributed by atoms with Crippen LogP contribution in [0.25, 0.3) is 0 Å². The van der Waals surface area contributed by atoms with E-state index in [1.54, 1.807) is 38.1 Å². The van der Waals surface area contributed by atoms with Gasteiger partial charge in [-0.2, -0.15) is 0 Å². The zero-order valence-electron chi connectivity index (χ0n) is 18.5. The van der Waals surface area contributed by atoms with Gasteiger partial charge in [0, 0.05) is 17.6 Å². The Bertz CT molecular complexity index is 1060. The van der Waals surface area contributed by atoms with Crippen molar-refractivity contribution in [3.63, 3.8) is 0 Å². The Balaban J connectivity index is 2.42. The summed E-state index contributed by atoms with van der Waals surface area (Å²) in [5, 5.41) is 2.72. The first-order valence-corrected chi connectivity index (χ1v) is 12.6. The van der Waals surface area contributed by atoms with Gasteiger partial charge in [0.25, 0.3) is 0 Å². The van der Waals surface area contributed by atoms with Crippen LogP contribution in [-0.4, -0.2) is 57.6 Å². The van der Waals surface area contributed by atoms with Crippen molar-refractivity contribution in [2.75, 3.05) is 30.8 Å². The number of halogens is 1. The molecule has 0 unspecified atom stereocenters. The van der Waals surface area contributed by atoms with Crippen molar-refractivity contribution >= 4 is 43.5 Å². The van der Waals surface area contributed by atoms with E-state index in [1.807, 2.05) is 24.3 Å². The Morgan fingerprint density at radius 2 is 1.84 bits per heavy atom. The lowest BCUT2D eigenvalue weighted by molar-refractivity contribution is -0.139. The molecule has 32 heavy (non-hydrogen) atoms. The van der Waals surface area contributed by atoms with Crippen LogP contribution in [0.3, 0.4) is 0 Å². The summed E-state index contributed by atoms with van der Waals surface area (Å²) in [7, 11) is -2.39. The van der Waals surface area contributed by atoms with Crippen molar-refractivity contribution in [3.05, 3.63) is 58.6 Å². The third kappa shape index (κ3) is 6.70. The highest BCUT2D eigenvalue weighted by molar-refractivity contribution is 9.10. The maximum atomic E-state index is 13.4. The van der Waals surface area contributed by atoms with Crippen molar-refractivity contribution in [1.82, 2.24) is 10.2 Å². The number of benzene rings is 2. The summed E-state index contributed by atoms with van der Waals surface area (Å²) in [5.74, 6) is -0.514. The highest BCUT2D eigenvalue weighted by Gasteiger charge is 2.30. The van der Waals surface area contributed by atoms with Gasteiger partial charge >= 0.3 is 0 Å². The van der Waals surface area contributed by atoms with Gasteiger partial charge in [0.15, 0.2) is 0 Å². The summed E-state index contributed by atoms with van der Waals surface area (Å²) in [6.07, 6.45) is 1.03. The molecule has 2 aromatic rings. The van der Waals surface area contributed by atoms with Crippen LogP contribution in [0.2, 0.25) is 0 Å². The van der Waals surface area contributed by atoms with E-state index < -0.39 is 28.5 Å². The summed E-state index contributed by atoms with van der Waals surface area (Å²) in [6, 6.07) is 13.1. The van der Waals surface area contributed by atoms with Crippen molar-refractivity contribution in [2.45, 2.75) is 26.4 Å². The Morgan fingerprint density at radius 3 is 2.44 bits per heavy atom. The van der Waals surface area contributed by atoms with Crippen LogP contribution in [0.1, 0.15) is 19.4 Å². The van der Waals surface area contributed by atoms with Crippen LogP contribution in [0.15, 0.2) is 53.0 Å². The van der Waals surface area contributed by atoms with Crippen molar-refractivity contribution < 1.29 is 22.7 Å². The smallest absolute Gasteiger partial charge is 0.244 e. The van der Waals surface area contributed by atoms with E-state index >= 15 is 0 Å². The van der Waals surface area contributed by atoms with Crippen LogP contribution in [0.5, 0.6) is 5.75 Å². The first kappa shape index (κ1) is 25.7. The SMILES string of the molecule is CCNC(=O)[C@@H](C)N(Cc1cccc(Br)c1)C(=O)CN(c1ccccc1OC)S(C)(=O)=O. The lowest BCUT2D eigenvalue weighted by atomic mass is 10.1. The fourth-order valence-corrected chi connectivity index (χ4v) is 4.47. The number of amides is 2. The minimum Gasteiger partial charge on any atom is -0.495 e. The van der Waals surface area contributed by atoms with Gasteiger partial charge in [-0.3, -0.25) is 13.9 Å². The number of rotatable bonds is 10. The molecule has 0 heterocycles. The van der Waals surface area contributed by atoms with Crippen LogP contribution >= 0.6 is 15.9 Å². The molecule has 2 rings (SSSR count). The number of nitrogens with one attached hydrogen (secondary N) is 1. The normalized spacial score (nSPS) is 12.0. The first-order chi connectivity index (χ1) is 15.1. The van der Waals surface area contributed by atoms with E-state index in [0.29, 0.717) is 12.3 Å². The molecule has 0 aliphatic heterocycles. The predicted octanol–water partition coefficient (Wildman–Crippen LogP) is 2.78. The maximum absolute atomic E-state index is 13.4. The molecule has 174 valence electrons. The molecule has 0 saturated carbocycles. The van der Waals surface area contributed by atoms with Crippen LogP contribution in [-0.2, 0) is 26.2 Å². The molecule has 1 atom stereocenters. The largest absolute Gasteiger partial charge is 0.495 e. The van der Waals surface area contributed by atoms with Gasteiger partial charge in [-0.05, 0) is 43.7 Å². The van der Waals surface area contributed by atoms with Crippen LogP contribution in [0.4, 0.5) is 5.69 Å². The van der Waals surface area contributed by atoms with E-state index in [9.17, 15) is 18.0 Å². The van der Waals surface area contributed by atoms with Gasteiger partial charge in [-0.1, -0.05) is 40.2 Å². The van der Waals surface area contributed by atoms with Crippen molar-refractivity contribution in [1.29, 1.82) is 0 Å². The van der Waals surface area contributed by atoms with Gasteiger partial charge in [0.05, 0.1) is 19.1 Å². The molecular weight excluding hydrogens is 498 g/mol. The van der Waals surface area contributed by atoms with Crippen LogP contribution in [0, 0.1) is 0 Å². The first-order valence-electron chi connectivity index (χ1n) is 10.0. The summed E-state index contributed by atoms with van der Waals surface area (Å²) < 4.78 is 32.3. The zero-order chi connectivity index (χ0) is 23.9. The van der Waals surface area contributed by atoms with Gasteiger partial charge < -0.3 is 15.0 Å². The number of ether oxygens (including phenoxy) is 1. The number of nitrogens with zero attached hydrogens (tertiary/aromatic N) is 2. The highest BCUT2D eigenvalue weighted by Crippen LogP contribution is 2.29. The minimum absolute atomic E-state index is 0.139. The van der Waals surface area contributed by atoms with Crippen molar-refractivity contribution in [3.8, 4) is 5.75 Å². The molecule has 8 nitrogen and oxygen atoms in total. The number of methoxy groups -OCH3 is 1. The number of carbonyl (C=O) groups is 2. The minimum atomic E-state index is -3.82. The number of likely N-dealkylation sites (N-methyl/N-ethyl adjacent to an activating group) is 1. The number of hydrogen-bond donors (Lipinski definition) is 1. The van der Waals surface area contributed by atoms with E-state index in [1.165, 1.54) is 12.0 Å². The Morgan fingerprint density at radius 1 is 1.16 bits per heavy atom. The van der Waals surface area contributed by atoms with Gasteiger partial charge in [0.2, 0.25) is 21.8 Å². The van der Waals surface area contributed by atoms with Gasteiger partial charge in [-0.15, -0.1) is 0 Å². The standard InChI is InChI=1S/C22H28BrN3O5S/c1-5-24-22(28)16(2)25(14-17-9-8-10-18(23)13-17)21(27)15-26(32(4,29)30)19-11-6-7-12-20(19)31-3/h6-13,16H,5,14-15H2,1-4H3,(H,24,28)/t16-/m1/s1. The average Bonchev–Trinajstić information content (AvgIpc) is 2.74. The quantitative estimate of drug-likeness (QED) is 0.514. The molecule has 0 spiro atoms.